The van der Waals surface area contributed by atoms with Crippen molar-refractivity contribution in [3.8, 4) is 0 Å². The number of aliphatic carboxylic acids is 1. The molecule has 0 radical (unpaired) electrons. The number of hydrogen-bond donors (Lipinski definition) is 3. The molecule has 3 aromatic rings. The minimum atomic E-state index is -5.08. The van der Waals surface area contributed by atoms with E-state index in [1.54, 1.807) is 43.4 Å². The third kappa shape index (κ3) is 9.23. The van der Waals surface area contributed by atoms with Crippen molar-refractivity contribution >= 4 is 33.3 Å². The average Bonchev–Trinajstić information content (AvgIpc) is 3.21. The van der Waals surface area contributed by atoms with E-state index in [4.69, 9.17) is 9.90 Å². The van der Waals surface area contributed by atoms with Crippen molar-refractivity contribution in [2.45, 2.75) is 70.6 Å². The van der Waals surface area contributed by atoms with Gasteiger partial charge in [-0.2, -0.15) is 18.3 Å². The maximum absolute atomic E-state index is 12.9. The van der Waals surface area contributed by atoms with Gasteiger partial charge in [-0.25, -0.2) is 18.0 Å². The van der Waals surface area contributed by atoms with Crippen LogP contribution in [0.2, 0.25) is 0 Å². The molecule has 0 unspecified atom stereocenters. The quantitative estimate of drug-likeness (QED) is 0.281. The van der Waals surface area contributed by atoms with Crippen LogP contribution in [0.15, 0.2) is 53.4 Å². The van der Waals surface area contributed by atoms with Gasteiger partial charge >= 0.3 is 18.1 Å². The van der Waals surface area contributed by atoms with Gasteiger partial charge in [-0.3, -0.25) is 9.40 Å². The number of rotatable bonds is 9. The third-order valence-electron chi connectivity index (χ3n) is 5.98. The predicted molar refractivity (Wildman–Crippen MR) is 152 cm³/mol. The van der Waals surface area contributed by atoms with Gasteiger partial charge in [-0.1, -0.05) is 39.8 Å². The lowest BCUT2D eigenvalue weighted by Gasteiger charge is -2.22. The third-order valence-corrected chi connectivity index (χ3v) is 7.38. The number of aromatic nitrogens is 2. The molecule has 0 atom stereocenters. The molecule has 1 aromatic heterocycles. The number of carboxylic acid groups (broad SMARTS) is 2. The number of carboxylic acids is 2. The Bertz CT molecular complexity index is 1510. The minimum absolute atomic E-state index is 0.00839. The Morgan fingerprint density at radius 3 is 2.07 bits per heavy atom. The average molecular weight is 613 g/mol. The number of halogens is 3. The Morgan fingerprint density at radius 1 is 1.02 bits per heavy atom. The van der Waals surface area contributed by atoms with Crippen molar-refractivity contribution in [2.24, 2.45) is 0 Å². The molecule has 0 amide bonds. The number of nitrogens with zero attached hydrogens (tertiary/aromatic N) is 3. The molecule has 0 saturated heterocycles. The SMILES string of the molecule is CCCn1nc(C)cc1CN(C)c1ccc(NS(=O)(=O)c2ccc(C(C)(C)C)cc2)cc1C(=O)O.O=C(O)C(F)(F)F. The first kappa shape index (κ1) is 34.1. The molecule has 42 heavy (non-hydrogen) atoms. The van der Waals surface area contributed by atoms with Crippen molar-refractivity contribution in [1.82, 2.24) is 9.78 Å². The zero-order valence-corrected chi connectivity index (χ0v) is 25.0. The molecule has 0 bridgehead atoms. The van der Waals surface area contributed by atoms with Crippen LogP contribution in [0.4, 0.5) is 24.5 Å². The molecule has 0 aliphatic heterocycles. The smallest absolute Gasteiger partial charge is 0.478 e. The lowest BCUT2D eigenvalue weighted by atomic mass is 9.87. The number of aromatic carboxylic acids is 1. The zero-order valence-electron chi connectivity index (χ0n) is 24.2. The molecular formula is C28H35F3N4O6S. The molecule has 0 saturated carbocycles. The molecule has 2 aromatic carbocycles. The number of alkyl halides is 3. The second kappa shape index (κ2) is 13.3. The van der Waals surface area contributed by atoms with Crippen molar-refractivity contribution in [2.75, 3.05) is 16.7 Å². The summed E-state index contributed by atoms with van der Waals surface area (Å²) in [6.07, 6.45) is -4.15. The van der Waals surface area contributed by atoms with Crippen LogP contribution < -0.4 is 9.62 Å². The fraction of sp³-hybridized carbons (Fsp3) is 0.393. The summed E-state index contributed by atoms with van der Waals surface area (Å²) in [5.74, 6) is -3.90. The number of hydrogen-bond acceptors (Lipinski definition) is 6. The molecule has 3 rings (SSSR count). The first-order valence-electron chi connectivity index (χ1n) is 12.8. The van der Waals surface area contributed by atoms with Gasteiger partial charge < -0.3 is 15.1 Å². The van der Waals surface area contributed by atoms with Crippen LogP contribution in [0.3, 0.4) is 0 Å². The van der Waals surface area contributed by atoms with Gasteiger partial charge in [0.1, 0.15) is 0 Å². The van der Waals surface area contributed by atoms with Crippen LogP contribution in [-0.4, -0.2) is 53.6 Å². The van der Waals surface area contributed by atoms with E-state index < -0.39 is 28.1 Å². The standard InChI is InChI=1S/C26H34N4O4S.C2HF3O2/c1-7-14-30-21(15-18(2)27-30)17-29(6)24-13-10-20(16-23(24)25(31)32)28-35(33,34)22-11-8-19(9-12-22)26(3,4)5;3-2(4,5)1(6)7/h8-13,15-16,28H,7,14,17H2,1-6H3,(H,31,32);(H,6,7). The Balaban J connectivity index is 0.000000782. The highest BCUT2D eigenvalue weighted by molar-refractivity contribution is 7.92. The summed E-state index contributed by atoms with van der Waals surface area (Å²) in [4.78, 5) is 22.9. The summed E-state index contributed by atoms with van der Waals surface area (Å²) >= 11 is 0. The molecule has 3 N–H and O–H groups in total. The topological polar surface area (TPSA) is 142 Å². The summed E-state index contributed by atoms with van der Waals surface area (Å²) in [6.45, 7) is 11.4. The highest BCUT2D eigenvalue weighted by atomic mass is 32.2. The fourth-order valence-corrected chi connectivity index (χ4v) is 4.96. The van der Waals surface area contributed by atoms with E-state index in [-0.39, 0.29) is 21.6 Å². The first-order valence-corrected chi connectivity index (χ1v) is 14.3. The van der Waals surface area contributed by atoms with Gasteiger partial charge in [0, 0.05) is 19.3 Å². The van der Waals surface area contributed by atoms with Gasteiger partial charge in [0.05, 0.1) is 34.1 Å². The molecule has 1 heterocycles. The summed E-state index contributed by atoms with van der Waals surface area (Å²) in [7, 11) is -2.07. The van der Waals surface area contributed by atoms with E-state index in [1.165, 1.54) is 6.07 Å². The molecule has 0 spiro atoms. The fourth-order valence-electron chi connectivity index (χ4n) is 3.91. The largest absolute Gasteiger partial charge is 0.490 e. The summed E-state index contributed by atoms with van der Waals surface area (Å²) in [5.41, 5.74) is 3.48. The molecule has 0 aliphatic carbocycles. The van der Waals surface area contributed by atoms with Gasteiger partial charge in [0.25, 0.3) is 10.0 Å². The van der Waals surface area contributed by atoms with Crippen LogP contribution in [0.1, 0.15) is 61.4 Å². The van der Waals surface area contributed by atoms with Crippen LogP contribution in [-0.2, 0) is 33.3 Å². The Kier molecular flexibility index (Phi) is 10.8. The van der Waals surface area contributed by atoms with Gasteiger partial charge in [0.2, 0.25) is 0 Å². The maximum Gasteiger partial charge on any atom is 0.490 e. The molecule has 14 heteroatoms. The molecule has 10 nitrogen and oxygen atoms in total. The predicted octanol–water partition coefficient (Wildman–Crippen LogP) is 5.67. The van der Waals surface area contributed by atoms with E-state index >= 15 is 0 Å². The summed E-state index contributed by atoms with van der Waals surface area (Å²) in [6, 6.07) is 13.2. The van der Waals surface area contributed by atoms with Crippen molar-refractivity contribution in [3.63, 3.8) is 0 Å². The molecular weight excluding hydrogens is 577 g/mol. The summed E-state index contributed by atoms with van der Waals surface area (Å²) < 4.78 is 62.0. The van der Waals surface area contributed by atoms with Gasteiger partial charge in [0.15, 0.2) is 0 Å². The zero-order chi connectivity index (χ0) is 32.0. The van der Waals surface area contributed by atoms with Crippen LogP contribution in [0.5, 0.6) is 0 Å². The molecule has 0 aliphatic rings. The van der Waals surface area contributed by atoms with Crippen molar-refractivity contribution in [3.05, 3.63) is 71.0 Å². The first-order chi connectivity index (χ1) is 19.3. The van der Waals surface area contributed by atoms with E-state index in [2.05, 4.69) is 37.5 Å². The molecule has 230 valence electrons. The van der Waals surface area contributed by atoms with E-state index in [1.807, 2.05) is 22.6 Å². The van der Waals surface area contributed by atoms with Crippen LogP contribution in [0, 0.1) is 6.92 Å². The van der Waals surface area contributed by atoms with Crippen LogP contribution in [0.25, 0.3) is 0 Å². The number of carbonyl (C=O) groups is 2. The minimum Gasteiger partial charge on any atom is -0.478 e. The molecule has 0 fully saturated rings. The Labute approximate surface area is 242 Å². The number of anilines is 2. The summed E-state index contributed by atoms with van der Waals surface area (Å²) in [5, 5.41) is 21.5. The van der Waals surface area contributed by atoms with Gasteiger partial charge in [-0.15, -0.1) is 0 Å². The van der Waals surface area contributed by atoms with Crippen molar-refractivity contribution < 1.29 is 41.4 Å². The number of sulfonamides is 1. The maximum atomic E-state index is 12.9. The lowest BCUT2D eigenvalue weighted by molar-refractivity contribution is -0.192. The highest BCUT2D eigenvalue weighted by Gasteiger charge is 2.38. The number of aryl methyl sites for hydroxylation is 2. The second-order valence-electron chi connectivity index (χ2n) is 10.6. The normalized spacial score (nSPS) is 11.8. The number of nitrogens with one attached hydrogen (secondary N) is 1. The highest BCUT2D eigenvalue weighted by Crippen LogP contribution is 2.28. The van der Waals surface area contributed by atoms with E-state index in [0.29, 0.717) is 12.2 Å². The van der Waals surface area contributed by atoms with Crippen molar-refractivity contribution in [1.29, 1.82) is 0 Å². The monoisotopic (exact) mass is 612 g/mol. The van der Waals surface area contributed by atoms with Gasteiger partial charge in [-0.05, 0) is 60.7 Å². The Morgan fingerprint density at radius 2 is 1.60 bits per heavy atom. The van der Waals surface area contributed by atoms with E-state index in [9.17, 15) is 31.5 Å². The number of benzene rings is 2. The van der Waals surface area contributed by atoms with Crippen LogP contribution >= 0.6 is 0 Å². The van der Waals surface area contributed by atoms with E-state index in [0.717, 1.165) is 29.9 Å². The Hall–Kier alpha value is -4.07. The lowest BCUT2D eigenvalue weighted by Crippen LogP contribution is -2.22. The second-order valence-corrected chi connectivity index (χ2v) is 12.3.